The Morgan fingerprint density at radius 2 is 2.33 bits per heavy atom. The number of hydrogen-bond acceptors (Lipinski definition) is 5. The monoisotopic (exact) mass is 250 g/mol. The Balaban J connectivity index is 2.02. The van der Waals surface area contributed by atoms with Gasteiger partial charge in [0.15, 0.2) is 0 Å². The van der Waals surface area contributed by atoms with Crippen LogP contribution in [0.4, 0.5) is 11.5 Å². The quantitative estimate of drug-likeness (QED) is 0.615. The number of likely N-dealkylation sites (N-methyl/N-ethyl adjacent to an activating group) is 1. The molecule has 0 spiro atoms. The maximum atomic E-state index is 10.9. The Bertz CT molecular complexity index is 430. The molecule has 18 heavy (non-hydrogen) atoms. The number of anilines is 1. The predicted octanol–water partition coefficient (Wildman–Crippen LogP) is 1.74. The number of pyridine rings is 1. The number of hydrogen-bond donors (Lipinski definition) is 1. The molecule has 0 aliphatic heterocycles. The van der Waals surface area contributed by atoms with E-state index < -0.39 is 4.92 Å². The Morgan fingerprint density at radius 3 is 2.89 bits per heavy atom. The first-order valence-corrected chi connectivity index (χ1v) is 6.09. The first-order valence-electron chi connectivity index (χ1n) is 6.09. The molecule has 1 aliphatic carbocycles. The second-order valence-corrected chi connectivity index (χ2v) is 4.88. The summed E-state index contributed by atoms with van der Waals surface area (Å²) in [5, 5.41) is 14.0. The van der Waals surface area contributed by atoms with Crippen molar-refractivity contribution >= 4 is 11.5 Å². The van der Waals surface area contributed by atoms with Crippen molar-refractivity contribution in [3.8, 4) is 0 Å². The van der Waals surface area contributed by atoms with Crippen LogP contribution in [0.2, 0.25) is 0 Å². The molecule has 0 bridgehead atoms. The maximum absolute atomic E-state index is 10.9. The molecule has 6 nitrogen and oxygen atoms in total. The molecule has 1 heterocycles. The third-order valence-electron chi connectivity index (χ3n) is 3.29. The van der Waals surface area contributed by atoms with E-state index in [1.807, 2.05) is 14.1 Å². The van der Waals surface area contributed by atoms with E-state index >= 15 is 0 Å². The SMILES string of the molecule is CN(C)C(CNc1ncccc1[N+](=O)[O-])C1CC1. The zero-order valence-electron chi connectivity index (χ0n) is 10.7. The second kappa shape index (κ2) is 5.30. The Morgan fingerprint density at radius 1 is 1.61 bits per heavy atom. The highest BCUT2D eigenvalue weighted by Gasteiger charge is 2.32. The van der Waals surface area contributed by atoms with Crippen molar-refractivity contribution < 1.29 is 4.92 Å². The normalized spacial score (nSPS) is 16.6. The van der Waals surface area contributed by atoms with Gasteiger partial charge in [0, 0.05) is 24.8 Å². The molecular formula is C12H18N4O2. The zero-order valence-corrected chi connectivity index (χ0v) is 10.7. The summed E-state index contributed by atoms with van der Waals surface area (Å²) in [4.78, 5) is 16.7. The lowest BCUT2D eigenvalue weighted by atomic mass is 10.1. The molecule has 0 amide bonds. The van der Waals surface area contributed by atoms with Gasteiger partial charge in [-0.25, -0.2) is 4.98 Å². The van der Waals surface area contributed by atoms with E-state index in [0.29, 0.717) is 24.3 Å². The molecule has 1 aromatic rings. The van der Waals surface area contributed by atoms with Gasteiger partial charge in [-0.2, -0.15) is 0 Å². The van der Waals surface area contributed by atoms with Crippen molar-refractivity contribution in [2.24, 2.45) is 5.92 Å². The Hall–Kier alpha value is -1.69. The van der Waals surface area contributed by atoms with Gasteiger partial charge in [0.25, 0.3) is 0 Å². The molecule has 98 valence electrons. The van der Waals surface area contributed by atoms with E-state index in [4.69, 9.17) is 0 Å². The van der Waals surface area contributed by atoms with Crippen molar-refractivity contribution in [1.29, 1.82) is 0 Å². The highest BCUT2D eigenvalue weighted by atomic mass is 16.6. The summed E-state index contributed by atoms with van der Waals surface area (Å²) < 4.78 is 0. The van der Waals surface area contributed by atoms with Gasteiger partial charge in [0.1, 0.15) is 0 Å². The lowest BCUT2D eigenvalue weighted by Gasteiger charge is -2.24. The molecule has 0 radical (unpaired) electrons. The van der Waals surface area contributed by atoms with Gasteiger partial charge >= 0.3 is 5.69 Å². The standard InChI is InChI=1S/C12H18N4O2/c1-15(2)11(9-5-6-9)8-14-12-10(16(17)18)4-3-7-13-12/h3-4,7,9,11H,5-6,8H2,1-2H3,(H,13,14). The molecule has 2 rings (SSSR count). The van der Waals surface area contributed by atoms with Crippen molar-refractivity contribution in [3.05, 3.63) is 28.4 Å². The van der Waals surface area contributed by atoms with Crippen LogP contribution >= 0.6 is 0 Å². The van der Waals surface area contributed by atoms with Crippen molar-refractivity contribution in [1.82, 2.24) is 9.88 Å². The topological polar surface area (TPSA) is 71.3 Å². The van der Waals surface area contributed by atoms with Crippen LogP contribution in [0.5, 0.6) is 0 Å². The van der Waals surface area contributed by atoms with Crippen LogP contribution in [0.3, 0.4) is 0 Å². The van der Waals surface area contributed by atoms with Crippen molar-refractivity contribution in [2.45, 2.75) is 18.9 Å². The molecule has 1 aliphatic rings. The number of nitrogens with zero attached hydrogens (tertiary/aromatic N) is 3. The van der Waals surface area contributed by atoms with E-state index in [9.17, 15) is 10.1 Å². The van der Waals surface area contributed by atoms with Crippen LogP contribution in [0.1, 0.15) is 12.8 Å². The number of nitrogens with one attached hydrogen (secondary N) is 1. The predicted molar refractivity (Wildman–Crippen MR) is 69.6 cm³/mol. The minimum Gasteiger partial charge on any atom is -0.363 e. The average molecular weight is 250 g/mol. The lowest BCUT2D eigenvalue weighted by Crippen LogP contribution is -2.36. The molecule has 1 fully saturated rings. The summed E-state index contributed by atoms with van der Waals surface area (Å²) in [6.45, 7) is 0.690. The maximum Gasteiger partial charge on any atom is 0.311 e. The van der Waals surface area contributed by atoms with E-state index in [-0.39, 0.29) is 5.69 Å². The minimum atomic E-state index is -0.406. The zero-order chi connectivity index (χ0) is 13.1. The smallest absolute Gasteiger partial charge is 0.311 e. The molecule has 1 N–H and O–H groups in total. The van der Waals surface area contributed by atoms with E-state index in [1.165, 1.54) is 18.9 Å². The fourth-order valence-electron chi connectivity index (χ4n) is 2.13. The van der Waals surface area contributed by atoms with Crippen LogP contribution in [0.25, 0.3) is 0 Å². The summed E-state index contributed by atoms with van der Waals surface area (Å²) in [6, 6.07) is 3.46. The van der Waals surface area contributed by atoms with Crippen LogP contribution in [-0.2, 0) is 0 Å². The fraction of sp³-hybridized carbons (Fsp3) is 0.583. The third kappa shape index (κ3) is 2.95. The highest BCUT2D eigenvalue weighted by molar-refractivity contribution is 5.55. The van der Waals surface area contributed by atoms with Crippen molar-refractivity contribution in [2.75, 3.05) is 26.0 Å². The summed E-state index contributed by atoms with van der Waals surface area (Å²) >= 11 is 0. The molecule has 1 unspecified atom stereocenters. The van der Waals surface area contributed by atoms with E-state index in [2.05, 4.69) is 15.2 Å². The van der Waals surface area contributed by atoms with Crippen LogP contribution in [-0.4, -0.2) is 41.5 Å². The number of nitro groups is 1. The minimum absolute atomic E-state index is 0.0332. The van der Waals surface area contributed by atoms with Gasteiger partial charge in [0.05, 0.1) is 4.92 Å². The summed E-state index contributed by atoms with van der Waals surface area (Å²) in [5.41, 5.74) is 0.0332. The van der Waals surface area contributed by atoms with Gasteiger partial charge in [-0.1, -0.05) is 0 Å². The first kappa shape index (κ1) is 12.8. The van der Waals surface area contributed by atoms with Crippen LogP contribution in [0, 0.1) is 16.0 Å². The fourth-order valence-corrected chi connectivity index (χ4v) is 2.13. The summed E-state index contributed by atoms with van der Waals surface area (Å²) in [7, 11) is 4.08. The molecule has 1 atom stereocenters. The number of aromatic nitrogens is 1. The Kier molecular flexibility index (Phi) is 3.76. The van der Waals surface area contributed by atoms with Gasteiger partial charge < -0.3 is 10.2 Å². The van der Waals surface area contributed by atoms with Crippen LogP contribution in [0.15, 0.2) is 18.3 Å². The van der Waals surface area contributed by atoms with E-state index in [0.717, 1.165) is 0 Å². The Labute approximate surface area is 106 Å². The van der Waals surface area contributed by atoms with Crippen molar-refractivity contribution in [3.63, 3.8) is 0 Å². The molecular weight excluding hydrogens is 232 g/mol. The third-order valence-corrected chi connectivity index (χ3v) is 3.29. The second-order valence-electron chi connectivity index (χ2n) is 4.88. The molecule has 0 aromatic carbocycles. The largest absolute Gasteiger partial charge is 0.363 e. The summed E-state index contributed by atoms with van der Waals surface area (Å²) in [6.07, 6.45) is 4.06. The molecule has 0 saturated heterocycles. The van der Waals surface area contributed by atoms with Gasteiger partial charge in [0.2, 0.25) is 5.82 Å². The average Bonchev–Trinajstić information content (AvgIpc) is 3.13. The number of rotatable bonds is 6. The lowest BCUT2D eigenvalue weighted by molar-refractivity contribution is -0.384. The first-order chi connectivity index (χ1) is 8.59. The van der Waals surface area contributed by atoms with Gasteiger partial charge in [-0.15, -0.1) is 0 Å². The molecule has 1 saturated carbocycles. The van der Waals surface area contributed by atoms with Gasteiger partial charge in [-0.3, -0.25) is 10.1 Å². The van der Waals surface area contributed by atoms with Crippen LogP contribution < -0.4 is 5.32 Å². The van der Waals surface area contributed by atoms with E-state index in [1.54, 1.807) is 12.3 Å². The summed E-state index contributed by atoms with van der Waals surface area (Å²) in [5.74, 6) is 1.06. The molecule has 6 heteroatoms. The highest BCUT2D eigenvalue weighted by Crippen LogP contribution is 2.34. The molecule has 1 aromatic heterocycles. The van der Waals surface area contributed by atoms with Gasteiger partial charge in [-0.05, 0) is 38.9 Å².